The molecular formula is C8H10INO2S. The number of carbonyl (C=O) groups is 1. The number of hydrogen-bond donors (Lipinski definition) is 2. The molecule has 5 heteroatoms. The molecule has 13 heavy (non-hydrogen) atoms. The predicted octanol–water partition coefficient (Wildman–Crippen LogP) is 1.46. The predicted molar refractivity (Wildman–Crippen MR) is 61.1 cm³/mol. The fourth-order valence-corrected chi connectivity index (χ4v) is 2.53. The molecule has 0 fully saturated rings. The van der Waals surface area contributed by atoms with E-state index in [0.29, 0.717) is 11.4 Å². The molecule has 0 aliphatic heterocycles. The molecule has 1 heterocycles. The first-order chi connectivity index (χ1) is 6.11. The summed E-state index contributed by atoms with van der Waals surface area (Å²) in [7, 11) is 0. The van der Waals surface area contributed by atoms with Crippen molar-refractivity contribution in [3.8, 4) is 0 Å². The second-order valence-corrected chi connectivity index (χ2v) is 4.74. The van der Waals surface area contributed by atoms with Crippen LogP contribution in [0.2, 0.25) is 0 Å². The molecule has 0 saturated carbocycles. The number of aliphatic hydroxyl groups excluding tert-OH is 1. The maximum atomic E-state index is 11.4. The van der Waals surface area contributed by atoms with E-state index in [9.17, 15) is 4.79 Å². The minimum absolute atomic E-state index is 0.111. The summed E-state index contributed by atoms with van der Waals surface area (Å²) >= 11 is 3.52. The molecule has 1 amide bonds. The molecule has 0 bridgehead atoms. The van der Waals surface area contributed by atoms with E-state index in [1.165, 1.54) is 11.3 Å². The average Bonchev–Trinajstić information content (AvgIpc) is 2.47. The zero-order valence-electron chi connectivity index (χ0n) is 7.08. The van der Waals surface area contributed by atoms with Crippen LogP contribution in [0.5, 0.6) is 0 Å². The highest BCUT2D eigenvalue weighted by molar-refractivity contribution is 14.1. The van der Waals surface area contributed by atoms with Gasteiger partial charge in [-0.05, 0) is 41.0 Å². The van der Waals surface area contributed by atoms with E-state index in [1.54, 1.807) is 6.92 Å². The number of aliphatic hydroxyl groups is 1. The fraction of sp³-hybridized carbons (Fsp3) is 0.375. The van der Waals surface area contributed by atoms with Crippen LogP contribution in [0.4, 0.5) is 0 Å². The summed E-state index contributed by atoms with van der Waals surface area (Å²) < 4.78 is 0.950. The molecule has 1 aromatic heterocycles. The van der Waals surface area contributed by atoms with Crippen molar-refractivity contribution >= 4 is 39.8 Å². The van der Waals surface area contributed by atoms with E-state index in [1.807, 2.05) is 11.4 Å². The number of rotatable bonds is 3. The van der Waals surface area contributed by atoms with Crippen molar-refractivity contribution in [2.75, 3.05) is 6.54 Å². The summed E-state index contributed by atoms with van der Waals surface area (Å²) in [6.07, 6.45) is -0.499. The lowest BCUT2D eigenvalue weighted by atomic mass is 10.4. The Kier molecular flexibility index (Phi) is 4.14. The van der Waals surface area contributed by atoms with E-state index >= 15 is 0 Å². The lowest BCUT2D eigenvalue weighted by molar-refractivity contribution is 0.0927. The maximum absolute atomic E-state index is 11.4. The normalized spacial score (nSPS) is 12.5. The zero-order valence-corrected chi connectivity index (χ0v) is 10.1. The second-order valence-electron chi connectivity index (χ2n) is 2.66. The lowest BCUT2D eigenvalue weighted by Gasteiger charge is -2.05. The minimum atomic E-state index is -0.499. The third kappa shape index (κ3) is 3.24. The third-order valence-electron chi connectivity index (χ3n) is 1.38. The van der Waals surface area contributed by atoms with Crippen molar-refractivity contribution < 1.29 is 9.90 Å². The Balaban J connectivity index is 2.54. The first-order valence-corrected chi connectivity index (χ1v) is 5.76. The maximum Gasteiger partial charge on any atom is 0.262 e. The van der Waals surface area contributed by atoms with Crippen molar-refractivity contribution in [2.45, 2.75) is 13.0 Å². The van der Waals surface area contributed by atoms with Gasteiger partial charge in [-0.25, -0.2) is 0 Å². The number of amides is 1. The molecular weight excluding hydrogens is 301 g/mol. The summed E-state index contributed by atoms with van der Waals surface area (Å²) in [5.41, 5.74) is 0. The Labute approximate surface area is 94.3 Å². The summed E-state index contributed by atoms with van der Waals surface area (Å²) in [6, 6.07) is 1.89. The molecule has 0 unspecified atom stereocenters. The van der Waals surface area contributed by atoms with Gasteiger partial charge in [0.05, 0.1) is 6.10 Å². The molecule has 0 radical (unpaired) electrons. The van der Waals surface area contributed by atoms with Crippen molar-refractivity contribution in [3.05, 3.63) is 19.9 Å². The molecule has 1 rings (SSSR count). The van der Waals surface area contributed by atoms with Crippen LogP contribution >= 0.6 is 33.9 Å². The topological polar surface area (TPSA) is 49.3 Å². The number of nitrogens with one attached hydrogen (secondary N) is 1. The van der Waals surface area contributed by atoms with Crippen molar-refractivity contribution in [2.24, 2.45) is 0 Å². The van der Waals surface area contributed by atoms with Gasteiger partial charge in [0.15, 0.2) is 0 Å². The van der Waals surface area contributed by atoms with Gasteiger partial charge in [0.25, 0.3) is 5.91 Å². The summed E-state index contributed by atoms with van der Waals surface area (Å²) in [5, 5.41) is 13.5. The highest BCUT2D eigenvalue weighted by atomic mass is 127. The molecule has 0 aliphatic carbocycles. The quantitative estimate of drug-likeness (QED) is 0.831. The van der Waals surface area contributed by atoms with Crippen LogP contribution in [0.25, 0.3) is 0 Å². The van der Waals surface area contributed by atoms with Crippen molar-refractivity contribution in [1.29, 1.82) is 0 Å². The molecule has 1 atom stereocenters. The second kappa shape index (κ2) is 4.92. The largest absolute Gasteiger partial charge is 0.392 e. The molecule has 0 aromatic carbocycles. The minimum Gasteiger partial charge on any atom is -0.392 e. The number of thiophene rings is 1. The SMILES string of the molecule is C[C@@H](O)CNC(=O)c1sccc1I. The van der Waals surface area contributed by atoms with E-state index in [-0.39, 0.29) is 5.91 Å². The molecule has 72 valence electrons. The van der Waals surface area contributed by atoms with E-state index < -0.39 is 6.10 Å². The fourth-order valence-electron chi connectivity index (χ4n) is 0.776. The first-order valence-electron chi connectivity index (χ1n) is 3.80. The number of hydrogen-bond acceptors (Lipinski definition) is 3. The van der Waals surface area contributed by atoms with Gasteiger partial charge in [0.1, 0.15) is 4.88 Å². The standard InChI is InChI=1S/C8H10INO2S/c1-5(11)4-10-8(12)7-6(9)2-3-13-7/h2-3,5,11H,4H2,1H3,(H,10,12)/t5-/m1/s1. The molecule has 0 saturated heterocycles. The molecule has 3 nitrogen and oxygen atoms in total. The van der Waals surface area contributed by atoms with Gasteiger partial charge in [-0.3, -0.25) is 4.79 Å². The van der Waals surface area contributed by atoms with Gasteiger partial charge in [0, 0.05) is 10.1 Å². The highest BCUT2D eigenvalue weighted by Gasteiger charge is 2.10. The van der Waals surface area contributed by atoms with Crippen LogP contribution in [0.3, 0.4) is 0 Å². The average molecular weight is 311 g/mol. The van der Waals surface area contributed by atoms with Gasteiger partial charge >= 0.3 is 0 Å². The van der Waals surface area contributed by atoms with Gasteiger partial charge in [-0.2, -0.15) is 0 Å². The Morgan fingerprint density at radius 2 is 2.54 bits per heavy atom. The summed E-state index contributed by atoms with van der Waals surface area (Å²) in [6.45, 7) is 1.94. The third-order valence-corrected chi connectivity index (χ3v) is 3.56. The monoisotopic (exact) mass is 311 g/mol. The van der Waals surface area contributed by atoms with Crippen LogP contribution in [-0.2, 0) is 0 Å². The van der Waals surface area contributed by atoms with Crippen LogP contribution < -0.4 is 5.32 Å². The van der Waals surface area contributed by atoms with Crippen LogP contribution in [-0.4, -0.2) is 23.7 Å². The van der Waals surface area contributed by atoms with E-state index in [2.05, 4.69) is 27.9 Å². The van der Waals surface area contributed by atoms with Gasteiger partial charge in [0.2, 0.25) is 0 Å². The number of halogens is 1. The van der Waals surface area contributed by atoms with Gasteiger partial charge in [-0.1, -0.05) is 0 Å². The molecule has 0 spiro atoms. The van der Waals surface area contributed by atoms with E-state index in [0.717, 1.165) is 3.57 Å². The molecule has 1 aromatic rings. The Morgan fingerprint density at radius 3 is 3.00 bits per heavy atom. The van der Waals surface area contributed by atoms with Crippen molar-refractivity contribution in [1.82, 2.24) is 5.32 Å². The van der Waals surface area contributed by atoms with Gasteiger partial charge < -0.3 is 10.4 Å². The van der Waals surface area contributed by atoms with Gasteiger partial charge in [-0.15, -0.1) is 11.3 Å². The number of carbonyl (C=O) groups excluding carboxylic acids is 1. The highest BCUT2D eigenvalue weighted by Crippen LogP contribution is 2.18. The lowest BCUT2D eigenvalue weighted by Crippen LogP contribution is -2.30. The zero-order chi connectivity index (χ0) is 9.84. The molecule has 2 N–H and O–H groups in total. The molecule has 0 aliphatic rings. The first kappa shape index (κ1) is 10.9. The smallest absolute Gasteiger partial charge is 0.262 e. The van der Waals surface area contributed by atoms with Crippen LogP contribution in [0, 0.1) is 3.57 Å². The van der Waals surface area contributed by atoms with Crippen LogP contribution in [0.15, 0.2) is 11.4 Å². The Morgan fingerprint density at radius 1 is 1.85 bits per heavy atom. The van der Waals surface area contributed by atoms with E-state index in [4.69, 9.17) is 5.11 Å². The van der Waals surface area contributed by atoms with Crippen molar-refractivity contribution in [3.63, 3.8) is 0 Å². The summed E-state index contributed by atoms with van der Waals surface area (Å²) in [5.74, 6) is -0.111. The summed E-state index contributed by atoms with van der Waals surface area (Å²) in [4.78, 5) is 12.1. The van der Waals surface area contributed by atoms with Crippen LogP contribution in [0.1, 0.15) is 16.6 Å². The Bertz CT molecular complexity index is 298. The Hall–Kier alpha value is -0.140.